The van der Waals surface area contributed by atoms with E-state index in [9.17, 15) is 4.39 Å². The summed E-state index contributed by atoms with van der Waals surface area (Å²) >= 11 is 0. The van der Waals surface area contributed by atoms with E-state index < -0.39 is 0 Å². The molecule has 2 aromatic rings. The lowest BCUT2D eigenvalue weighted by molar-refractivity contribution is 0.640. The number of rotatable bonds is 2. The van der Waals surface area contributed by atoms with Gasteiger partial charge >= 0.3 is 0 Å². The Kier molecular flexibility index (Phi) is 3.74. The van der Waals surface area contributed by atoms with Crippen LogP contribution >= 0.6 is 0 Å². The van der Waals surface area contributed by atoms with E-state index in [-0.39, 0.29) is 5.82 Å². The van der Waals surface area contributed by atoms with Crippen LogP contribution in [0.15, 0.2) is 36.4 Å². The summed E-state index contributed by atoms with van der Waals surface area (Å²) in [6.07, 6.45) is 0. The molecule has 17 heavy (non-hydrogen) atoms. The molecule has 0 saturated heterocycles. The molecule has 86 valence electrons. The zero-order valence-electron chi connectivity index (χ0n) is 9.76. The monoisotopic (exact) mass is 227 g/mol. The summed E-state index contributed by atoms with van der Waals surface area (Å²) < 4.78 is 13.5. The average molecular weight is 227 g/mol. The molecule has 0 heterocycles. The quantitative estimate of drug-likeness (QED) is 0.614. The highest BCUT2D eigenvalue weighted by atomic mass is 19.1. The van der Waals surface area contributed by atoms with Gasteiger partial charge in [-0.25, -0.2) is 4.39 Å². The van der Waals surface area contributed by atoms with Crippen molar-refractivity contribution in [2.45, 2.75) is 6.92 Å². The second-order valence-corrected chi connectivity index (χ2v) is 3.72. The van der Waals surface area contributed by atoms with Crippen molar-refractivity contribution in [2.24, 2.45) is 0 Å². The minimum absolute atomic E-state index is 0.196. The molecule has 0 aliphatic carbocycles. The third-order valence-electron chi connectivity index (χ3n) is 2.56. The van der Waals surface area contributed by atoms with Crippen molar-refractivity contribution in [3.05, 3.63) is 47.8 Å². The van der Waals surface area contributed by atoms with E-state index in [4.69, 9.17) is 0 Å². The van der Waals surface area contributed by atoms with Crippen LogP contribution in [0.3, 0.4) is 0 Å². The van der Waals surface area contributed by atoms with Crippen molar-refractivity contribution >= 4 is 10.8 Å². The lowest BCUT2D eigenvalue weighted by Gasteiger charge is -2.01. The van der Waals surface area contributed by atoms with E-state index in [2.05, 4.69) is 17.2 Å². The SMILES string of the molecule is CCNCC#Cc1ccc(F)c2ccccc12. The maximum Gasteiger partial charge on any atom is 0.131 e. The Balaban J connectivity index is 2.40. The summed E-state index contributed by atoms with van der Waals surface area (Å²) in [7, 11) is 0. The molecular formula is C15H14FN. The zero-order chi connectivity index (χ0) is 12.1. The molecule has 1 nitrogen and oxygen atoms in total. The fourth-order valence-corrected chi connectivity index (χ4v) is 1.70. The topological polar surface area (TPSA) is 12.0 Å². The van der Waals surface area contributed by atoms with Gasteiger partial charge in [0.05, 0.1) is 6.54 Å². The molecule has 0 radical (unpaired) electrons. The number of benzene rings is 2. The summed E-state index contributed by atoms with van der Waals surface area (Å²) in [6, 6.07) is 10.6. The van der Waals surface area contributed by atoms with Crippen molar-refractivity contribution in [1.82, 2.24) is 5.32 Å². The summed E-state index contributed by atoms with van der Waals surface area (Å²) in [5.41, 5.74) is 0.875. The summed E-state index contributed by atoms with van der Waals surface area (Å²) in [4.78, 5) is 0. The van der Waals surface area contributed by atoms with Gasteiger partial charge in [0, 0.05) is 16.3 Å². The number of fused-ring (bicyclic) bond motifs is 1. The maximum absolute atomic E-state index is 13.5. The van der Waals surface area contributed by atoms with Crippen LogP contribution in [0.1, 0.15) is 12.5 Å². The first kappa shape index (κ1) is 11.6. The van der Waals surface area contributed by atoms with Crippen LogP contribution < -0.4 is 5.32 Å². The molecule has 1 N–H and O–H groups in total. The fourth-order valence-electron chi connectivity index (χ4n) is 1.70. The van der Waals surface area contributed by atoms with E-state index in [1.807, 2.05) is 25.1 Å². The lowest BCUT2D eigenvalue weighted by atomic mass is 10.0. The Morgan fingerprint density at radius 3 is 2.65 bits per heavy atom. The summed E-state index contributed by atoms with van der Waals surface area (Å²) in [5, 5.41) is 4.63. The van der Waals surface area contributed by atoms with Crippen LogP contribution in [0.4, 0.5) is 4.39 Å². The van der Waals surface area contributed by atoms with Gasteiger partial charge in [0.25, 0.3) is 0 Å². The van der Waals surface area contributed by atoms with Gasteiger partial charge < -0.3 is 5.32 Å². The molecule has 0 amide bonds. The van der Waals surface area contributed by atoms with Crippen LogP contribution in [-0.4, -0.2) is 13.1 Å². The van der Waals surface area contributed by atoms with Gasteiger partial charge in [-0.1, -0.05) is 43.0 Å². The second kappa shape index (κ2) is 5.47. The minimum Gasteiger partial charge on any atom is -0.306 e. The van der Waals surface area contributed by atoms with Gasteiger partial charge in [-0.05, 0) is 18.7 Å². The summed E-state index contributed by atoms with van der Waals surface area (Å²) in [5.74, 6) is 5.90. The normalized spacial score (nSPS) is 10.0. The maximum atomic E-state index is 13.5. The highest BCUT2D eigenvalue weighted by Crippen LogP contribution is 2.20. The Labute approximate surface area is 101 Å². The Morgan fingerprint density at radius 1 is 1.12 bits per heavy atom. The van der Waals surface area contributed by atoms with E-state index >= 15 is 0 Å². The number of hydrogen-bond acceptors (Lipinski definition) is 1. The van der Waals surface area contributed by atoms with Crippen molar-refractivity contribution in [1.29, 1.82) is 0 Å². The molecule has 0 fully saturated rings. The predicted octanol–water partition coefficient (Wildman–Crippen LogP) is 2.94. The average Bonchev–Trinajstić information content (AvgIpc) is 2.37. The predicted molar refractivity (Wildman–Crippen MR) is 69.3 cm³/mol. The molecule has 2 heteroatoms. The van der Waals surface area contributed by atoms with Crippen LogP contribution in [0.5, 0.6) is 0 Å². The number of hydrogen-bond donors (Lipinski definition) is 1. The first-order valence-electron chi connectivity index (χ1n) is 5.69. The molecule has 2 aromatic carbocycles. The molecule has 0 aliphatic rings. The van der Waals surface area contributed by atoms with Crippen molar-refractivity contribution in [2.75, 3.05) is 13.1 Å². The first-order valence-corrected chi connectivity index (χ1v) is 5.69. The standard InChI is InChI=1S/C15H14FN/c1-2-17-11-5-6-12-9-10-15(16)14-8-4-3-7-13(12)14/h3-4,7-10,17H,2,11H2,1H3. The van der Waals surface area contributed by atoms with Gasteiger partial charge in [-0.3, -0.25) is 0 Å². The van der Waals surface area contributed by atoms with Gasteiger partial charge in [0.1, 0.15) is 5.82 Å². The van der Waals surface area contributed by atoms with E-state index in [0.717, 1.165) is 17.5 Å². The van der Waals surface area contributed by atoms with Crippen LogP contribution in [0, 0.1) is 17.7 Å². The van der Waals surface area contributed by atoms with Crippen molar-refractivity contribution in [3.63, 3.8) is 0 Å². The summed E-state index contributed by atoms with van der Waals surface area (Å²) in [6.45, 7) is 3.59. The first-order chi connectivity index (χ1) is 8.33. The van der Waals surface area contributed by atoms with Gasteiger partial charge in [-0.15, -0.1) is 0 Å². The molecule has 0 saturated carbocycles. The molecule has 0 unspecified atom stereocenters. The molecule has 2 rings (SSSR count). The second-order valence-electron chi connectivity index (χ2n) is 3.72. The number of nitrogens with one attached hydrogen (secondary N) is 1. The molecular weight excluding hydrogens is 213 g/mol. The van der Waals surface area contributed by atoms with E-state index in [1.54, 1.807) is 12.1 Å². The Bertz CT molecular complexity index is 578. The fraction of sp³-hybridized carbons (Fsp3) is 0.200. The minimum atomic E-state index is -0.196. The van der Waals surface area contributed by atoms with Gasteiger partial charge in [-0.2, -0.15) is 0 Å². The lowest BCUT2D eigenvalue weighted by Crippen LogP contribution is -2.11. The third kappa shape index (κ3) is 2.64. The smallest absolute Gasteiger partial charge is 0.131 e. The molecule has 0 spiro atoms. The third-order valence-corrected chi connectivity index (χ3v) is 2.56. The van der Waals surface area contributed by atoms with Gasteiger partial charge in [0.2, 0.25) is 0 Å². The molecule has 0 aromatic heterocycles. The highest BCUT2D eigenvalue weighted by Gasteiger charge is 2.02. The Hall–Kier alpha value is -1.85. The van der Waals surface area contributed by atoms with Crippen molar-refractivity contribution < 1.29 is 4.39 Å². The van der Waals surface area contributed by atoms with Crippen LogP contribution in [-0.2, 0) is 0 Å². The van der Waals surface area contributed by atoms with E-state index in [0.29, 0.717) is 11.9 Å². The van der Waals surface area contributed by atoms with Crippen LogP contribution in [0.25, 0.3) is 10.8 Å². The molecule has 0 aliphatic heterocycles. The number of halogens is 1. The van der Waals surface area contributed by atoms with Crippen LogP contribution in [0.2, 0.25) is 0 Å². The van der Waals surface area contributed by atoms with Gasteiger partial charge in [0.15, 0.2) is 0 Å². The molecule has 0 atom stereocenters. The largest absolute Gasteiger partial charge is 0.306 e. The van der Waals surface area contributed by atoms with E-state index in [1.165, 1.54) is 6.07 Å². The highest BCUT2D eigenvalue weighted by molar-refractivity contribution is 5.88. The Morgan fingerprint density at radius 2 is 1.88 bits per heavy atom. The zero-order valence-corrected chi connectivity index (χ0v) is 9.76. The van der Waals surface area contributed by atoms with Crippen molar-refractivity contribution in [3.8, 4) is 11.8 Å². The molecule has 0 bridgehead atoms.